The molecule has 3 aromatic carbocycles. The van der Waals surface area contributed by atoms with E-state index in [4.69, 9.17) is 4.74 Å². The lowest BCUT2D eigenvalue weighted by atomic mass is 9.93. The van der Waals surface area contributed by atoms with Crippen molar-refractivity contribution in [3.63, 3.8) is 0 Å². The summed E-state index contributed by atoms with van der Waals surface area (Å²) in [4.78, 5) is 28.4. The van der Waals surface area contributed by atoms with Gasteiger partial charge in [-0.05, 0) is 23.8 Å². The van der Waals surface area contributed by atoms with E-state index < -0.39 is 11.8 Å². The van der Waals surface area contributed by atoms with E-state index in [0.717, 1.165) is 34.7 Å². The van der Waals surface area contributed by atoms with E-state index in [1.807, 2.05) is 48.5 Å². The molecule has 2 amide bonds. The van der Waals surface area contributed by atoms with E-state index in [1.165, 1.54) is 6.21 Å². The number of morpholine rings is 1. The SMILES string of the molecule is O=C1c2cccc3c(N4CCOCC4)ccc(c23)C(=O)N1/N=C/c1ccccc1. The normalized spacial score (nSPS) is 16.8. The largest absolute Gasteiger partial charge is 0.378 e. The molecule has 1 saturated heterocycles. The van der Waals surface area contributed by atoms with Crippen molar-refractivity contribution in [1.82, 2.24) is 5.01 Å². The van der Waals surface area contributed by atoms with Gasteiger partial charge in [-0.2, -0.15) is 10.1 Å². The first-order valence-corrected chi connectivity index (χ1v) is 9.60. The lowest BCUT2D eigenvalue weighted by Gasteiger charge is -2.31. The summed E-state index contributed by atoms with van der Waals surface area (Å²) in [7, 11) is 0. The molecular formula is C23H19N3O3. The van der Waals surface area contributed by atoms with Crippen molar-refractivity contribution in [2.75, 3.05) is 31.2 Å². The maximum Gasteiger partial charge on any atom is 0.282 e. The smallest absolute Gasteiger partial charge is 0.282 e. The number of carbonyl (C=O) groups excluding carboxylic acids is 2. The van der Waals surface area contributed by atoms with Crippen LogP contribution in [0.15, 0.2) is 65.8 Å². The molecule has 0 aliphatic carbocycles. The molecule has 6 heteroatoms. The van der Waals surface area contributed by atoms with Crippen molar-refractivity contribution in [3.05, 3.63) is 77.4 Å². The molecule has 0 spiro atoms. The summed E-state index contributed by atoms with van der Waals surface area (Å²) in [5, 5.41) is 6.77. The number of hydrogen-bond acceptors (Lipinski definition) is 5. The van der Waals surface area contributed by atoms with Gasteiger partial charge in [0.05, 0.1) is 30.6 Å². The quantitative estimate of drug-likeness (QED) is 0.513. The summed E-state index contributed by atoms with van der Waals surface area (Å²) in [6.45, 7) is 2.91. The number of rotatable bonds is 3. The van der Waals surface area contributed by atoms with Gasteiger partial charge in [0.1, 0.15) is 0 Å². The average molecular weight is 385 g/mol. The molecule has 6 nitrogen and oxygen atoms in total. The molecular weight excluding hydrogens is 366 g/mol. The molecule has 0 saturated carbocycles. The first-order valence-electron chi connectivity index (χ1n) is 9.60. The zero-order chi connectivity index (χ0) is 19.8. The number of hydrogen-bond donors (Lipinski definition) is 0. The first-order chi connectivity index (χ1) is 14.2. The van der Waals surface area contributed by atoms with Crippen LogP contribution in [0.1, 0.15) is 26.3 Å². The summed E-state index contributed by atoms with van der Waals surface area (Å²) in [5.41, 5.74) is 2.84. The maximum atomic E-state index is 13.1. The van der Waals surface area contributed by atoms with E-state index in [-0.39, 0.29) is 0 Å². The van der Waals surface area contributed by atoms with Crippen molar-refractivity contribution in [3.8, 4) is 0 Å². The summed E-state index contributed by atoms with van der Waals surface area (Å²) < 4.78 is 5.45. The number of carbonyl (C=O) groups is 2. The Morgan fingerprint density at radius 1 is 0.828 bits per heavy atom. The Bertz CT molecular complexity index is 1110. The Kier molecular flexibility index (Phi) is 4.33. The molecule has 1 fully saturated rings. The van der Waals surface area contributed by atoms with Crippen LogP contribution in [0, 0.1) is 0 Å². The van der Waals surface area contributed by atoms with Crippen molar-refractivity contribution in [2.45, 2.75) is 0 Å². The zero-order valence-electron chi connectivity index (χ0n) is 15.7. The molecule has 29 heavy (non-hydrogen) atoms. The number of anilines is 1. The van der Waals surface area contributed by atoms with E-state index in [2.05, 4.69) is 10.0 Å². The molecule has 2 aliphatic rings. The topological polar surface area (TPSA) is 62.2 Å². The fraction of sp³-hybridized carbons (Fsp3) is 0.174. The van der Waals surface area contributed by atoms with Gasteiger partial charge in [0.2, 0.25) is 0 Å². The van der Waals surface area contributed by atoms with Crippen molar-refractivity contribution in [1.29, 1.82) is 0 Å². The summed E-state index contributed by atoms with van der Waals surface area (Å²) in [5.74, 6) is -0.807. The highest BCUT2D eigenvalue weighted by molar-refractivity contribution is 6.26. The highest BCUT2D eigenvalue weighted by Crippen LogP contribution is 2.36. The van der Waals surface area contributed by atoms with Crippen molar-refractivity contribution >= 4 is 34.5 Å². The van der Waals surface area contributed by atoms with Gasteiger partial charge in [0, 0.05) is 29.5 Å². The number of benzene rings is 3. The standard InChI is InChI=1S/C23H19N3O3/c27-22-18-8-4-7-17-20(25-11-13-29-14-12-25)10-9-19(21(17)18)23(28)26(22)24-15-16-5-2-1-3-6-16/h1-10,15H,11-14H2/b24-15+. The number of imide groups is 1. The lowest BCUT2D eigenvalue weighted by molar-refractivity contribution is 0.0616. The van der Waals surface area contributed by atoms with Gasteiger partial charge in [-0.15, -0.1) is 0 Å². The fourth-order valence-electron chi connectivity index (χ4n) is 3.92. The van der Waals surface area contributed by atoms with Gasteiger partial charge in [-0.1, -0.05) is 42.5 Å². The average Bonchev–Trinajstić information content (AvgIpc) is 2.78. The van der Waals surface area contributed by atoms with Crippen LogP contribution in [0.2, 0.25) is 0 Å². The summed E-state index contributed by atoms with van der Waals surface area (Å²) in [6.07, 6.45) is 1.53. The Morgan fingerprint density at radius 3 is 2.31 bits per heavy atom. The molecule has 0 aromatic heterocycles. The molecule has 0 bridgehead atoms. The minimum absolute atomic E-state index is 0.403. The molecule has 0 N–H and O–H groups in total. The van der Waals surface area contributed by atoms with Gasteiger partial charge >= 0.3 is 0 Å². The highest BCUT2D eigenvalue weighted by atomic mass is 16.5. The molecule has 0 unspecified atom stereocenters. The van der Waals surface area contributed by atoms with Crippen LogP contribution in [-0.4, -0.2) is 49.3 Å². The molecule has 2 aliphatic heterocycles. The molecule has 0 atom stereocenters. The van der Waals surface area contributed by atoms with Crippen molar-refractivity contribution in [2.24, 2.45) is 5.10 Å². The van der Waals surface area contributed by atoms with Crippen LogP contribution in [0.3, 0.4) is 0 Å². The molecule has 0 radical (unpaired) electrons. The lowest BCUT2D eigenvalue weighted by Crippen LogP contribution is -2.38. The van der Waals surface area contributed by atoms with Crippen LogP contribution in [0.4, 0.5) is 5.69 Å². The Balaban J connectivity index is 1.59. The number of amides is 2. The van der Waals surface area contributed by atoms with Crippen LogP contribution in [0.25, 0.3) is 10.8 Å². The third-order valence-corrected chi connectivity index (χ3v) is 5.34. The van der Waals surface area contributed by atoms with Crippen LogP contribution >= 0.6 is 0 Å². The van der Waals surface area contributed by atoms with Gasteiger partial charge < -0.3 is 9.64 Å². The minimum atomic E-state index is -0.403. The second kappa shape index (κ2) is 7.14. The van der Waals surface area contributed by atoms with E-state index in [1.54, 1.807) is 12.1 Å². The second-order valence-electron chi connectivity index (χ2n) is 7.04. The zero-order valence-corrected chi connectivity index (χ0v) is 15.7. The first kappa shape index (κ1) is 17.6. The number of hydrazone groups is 1. The van der Waals surface area contributed by atoms with Crippen LogP contribution < -0.4 is 4.90 Å². The van der Waals surface area contributed by atoms with Gasteiger partial charge in [-0.3, -0.25) is 9.59 Å². The maximum absolute atomic E-state index is 13.1. The monoisotopic (exact) mass is 385 g/mol. The minimum Gasteiger partial charge on any atom is -0.378 e. The summed E-state index contributed by atoms with van der Waals surface area (Å²) >= 11 is 0. The van der Waals surface area contributed by atoms with Gasteiger partial charge in [0.15, 0.2) is 0 Å². The Morgan fingerprint density at radius 2 is 1.55 bits per heavy atom. The predicted octanol–water partition coefficient (Wildman–Crippen LogP) is 3.31. The fourth-order valence-corrected chi connectivity index (χ4v) is 3.92. The second-order valence-corrected chi connectivity index (χ2v) is 7.04. The number of nitrogens with zero attached hydrogens (tertiary/aromatic N) is 3. The highest BCUT2D eigenvalue weighted by Gasteiger charge is 2.33. The molecule has 2 heterocycles. The summed E-state index contributed by atoms with van der Waals surface area (Å²) in [6, 6.07) is 18.7. The van der Waals surface area contributed by atoms with Crippen LogP contribution in [0.5, 0.6) is 0 Å². The van der Waals surface area contributed by atoms with Crippen LogP contribution in [-0.2, 0) is 4.74 Å². The third-order valence-electron chi connectivity index (χ3n) is 5.34. The number of ether oxygens (including phenoxy) is 1. The predicted molar refractivity (Wildman–Crippen MR) is 112 cm³/mol. The molecule has 3 aromatic rings. The van der Waals surface area contributed by atoms with Gasteiger partial charge in [-0.25, -0.2) is 0 Å². The molecule has 144 valence electrons. The Hall–Kier alpha value is -3.51. The van der Waals surface area contributed by atoms with E-state index >= 15 is 0 Å². The third kappa shape index (κ3) is 2.98. The molecule has 5 rings (SSSR count). The van der Waals surface area contributed by atoms with Gasteiger partial charge in [0.25, 0.3) is 11.8 Å². The van der Waals surface area contributed by atoms with E-state index in [0.29, 0.717) is 29.7 Å². The van der Waals surface area contributed by atoms with E-state index in [9.17, 15) is 9.59 Å². The van der Waals surface area contributed by atoms with Crippen molar-refractivity contribution < 1.29 is 14.3 Å². The Labute approximate surface area is 168 Å².